The van der Waals surface area contributed by atoms with Crippen LogP contribution in [0.2, 0.25) is 0 Å². The highest BCUT2D eigenvalue weighted by Gasteiger charge is 2.47. The Morgan fingerprint density at radius 1 is 1.07 bits per heavy atom. The van der Waals surface area contributed by atoms with Gasteiger partial charge in [-0.25, -0.2) is 0 Å². The molecule has 0 heterocycles. The standard InChI is InChI=1S/C10H26N2O2Si/c1-5-8-10(12)15(9(4)11,13-6-2)14-7-3/h9-10H,5-8,11-12H2,1-4H3. The Kier molecular flexibility index (Phi) is 7.38. The first-order valence-electron chi connectivity index (χ1n) is 5.84. The predicted molar refractivity (Wildman–Crippen MR) is 65.5 cm³/mol. The molecule has 15 heavy (non-hydrogen) atoms. The summed E-state index contributed by atoms with van der Waals surface area (Å²) in [5, 5.41) is 0. The maximum Gasteiger partial charge on any atom is 0.372 e. The van der Waals surface area contributed by atoms with Crippen molar-refractivity contribution < 1.29 is 8.85 Å². The van der Waals surface area contributed by atoms with Crippen LogP contribution in [0.3, 0.4) is 0 Å². The van der Waals surface area contributed by atoms with E-state index in [0.29, 0.717) is 13.2 Å². The molecule has 0 aliphatic rings. The van der Waals surface area contributed by atoms with E-state index in [1.165, 1.54) is 0 Å². The quantitative estimate of drug-likeness (QED) is 0.616. The third kappa shape index (κ3) is 3.84. The summed E-state index contributed by atoms with van der Waals surface area (Å²) >= 11 is 0. The lowest BCUT2D eigenvalue weighted by molar-refractivity contribution is 0.163. The average Bonchev–Trinajstić information content (AvgIpc) is 2.17. The zero-order chi connectivity index (χ0) is 11.9. The lowest BCUT2D eigenvalue weighted by Gasteiger charge is -2.37. The fraction of sp³-hybridized carbons (Fsp3) is 1.00. The second-order valence-electron chi connectivity index (χ2n) is 3.77. The van der Waals surface area contributed by atoms with Gasteiger partial charge in [-0.1, -0.05) is 13.3 Å². The molecule has 0 bridgehead atoms. The minimum Gasteiger partial charge on any atom is -0.393 e. The Hall–Kier alpha value is 0.0569. The van der Waals surface area contributed by atoms with Crippen LogP contribution in [0.4, 0.5) is 0 Å². The van der Waals surface area contributed by atoms with Gasteiger partial charge in [-0.2, -0.15) is 0 Å². The van der Waals surface area contributed by atoms with Crippen molar-refractivity contribution in [2.75, 3.05) is 13.2 Å². The van der Waals surface area contributed by atoms with Crippen molar-refractivity contribution in [1.29, 1.82) is 0 Å². The number of hydrogen-bond acceptors (Lipinski definition) is 4. The van der Waals surface area contributed by atoms with Gasteiger partial charge in [-0.05, 0) is 27.2 Å². The minimum atomic E-state index is -2.44. The molecule has 2 unspecified atom stereocenters. The van der Waals surface area contributed by atoms with E-state index in [4.69, 9.17) is 20.3 Å². The topological polar surface area (TPSA) is 70.5 Å². The summed E-state index contributed by atoms with van der Waals surface area (Å²) in [5.74, 6) is 0. The summed E-state index contributed by atoms with van der Waals surface area (Å²) in [6.07, 6.45) is 1.94. The summed E-state index contributed by atoms with van der Waals surface area (Å²) in [5.41, 5.74) is 12.0. The van der Waals surface area contributed by atoms with Gasteiger partial charge in [-0.3, -0.25) is 0 Å². The molecular formula is C10H26N2O2Si. The van der Waals surface area contributed by atoms with Crippen LogP contribution in [-0.4, -0.2) is 33.1 Å². The van der Waals surface area contributed by atoms with E-state index in [2.05, 4.69) is 6.92 Å². The van der Waals surface area contributed by atoms with Crippen LogP contribution in [-0.2, 0) is 8.85 Å². The maximum absolute atomic E-state index is 6.17. The molecule has 0 spiro atoms. The van der Waals surface area contributed by atoms with Crippen molar-refractivity contribution in [1.82, 2.24) is 0 Å². The zero-order valence-corrected chi connectivity index (χ0v) is 11.5. The molecule has 2 atom stereocenters. The second kappa shape index (κ2) is 7.35. The van der Waals surface area contributed by atoms with Crippen LogP contribution in [0.25, 0.3) is 0 Å². The Labute approximate surface area is 94.6 Å². The Morgan fingerprint density at radius 2 is 1.53 bits per heavy atom. The van der Waals surface area contributed by atoms with Crippen LogP contribution < -0.4 is 11.5 Å². The molecule has 4 N–H and O–H groups in total. The molecule has 0 radical (unpaired) electrons. The monoisotopic (exact) mass is 234 g/mol. The fourth-order valence-corrected chi connectivity index (χ4v) is 5.13. The van der Waals surface area contributed by atoms with E-state index in [9.17, 15) is 0 Å². The molecule has 0 aliphatic carbocycles. The lowest BCUT2D eigenvalue weighted by atomic mass is 10.3. The minimum absolute atomic E-state index is 0.0394. The van der Waals surface area contributed by atoms with Gasteiger partial charge < -0.3 is 20.3 Å². The van der Waals surface area contributed by atoms with E-state index in [1.54, 1.807) is 0 Å². The predicted octanol–water partition coefficient (Wildman–Crippen LogP) is 1.05. The van der Waals surface area contributed by atoms with Gasteiger partial charge in [0.1, 0.15) is 0 Å². The van der Waals surface area contributed by atoms with Crippen molar-refractivity contribution in [3.63, 3.8) is 0 Å². The molecule has 5 heteroatoms. The molecule has 4 nitrogen and oxygen atoms in total. The summed E-state index contributed by atoms with van der Waals surface area (Å²) in [6.45, 7) is 9.20. The van der Waals surface area contributed by atoms with Crippen LogP contribution in [0.1, 0.15) is 40.5 Å². The first kappa shape index (κ1) is 15.1. The largest absolute Gasteiger partial charge is 0.393 e. The van der Waals surface area contributed by atoms with Crippen molar-refractivity contribution in [2.45, 2.75) is 51.9 Å². The SMILES string of the molecule is CCCC(N)[Si](OCC)(OCC)C(C)N. The second-order valence-corrected chi connectivity index (χ2v) is 7.44. The van der Waals surface area contributed by atoms with Crippen molar-refractivity contribution in [3.05, 3.63) is 0 Å². The van der Waals surface area contributed by atoms with Gasteiger partial charge in [0.2, 0.25) is 0 Å². The number of rotatable bonds is 8. The maximum atomic E-state index is 6.17. The first-order chi connectivity index (χ1) is 7.05. The highest BCUT2D eigenvalue weighted by Crippen LogP contribution is 2.18. The highest BCUT2D eigenvalue weighted by molar-refractivity contribution is 6.70. The van der Waals surface area contributed by atoms with E-state index < -0.39 is 8.56 Å². The number of nitrogens with two attached hydrogens (primary N) is 2. The van der Waals surface area contributed by atoms with Gasteiger partial charge in [0.25, 0.3) is 0 Å². The van der Waals surface area contributed by atoms with Gasteiger partial charge in [0, 0.05) is 24.5 Å². The molecule has 0 fully saturated rings. The summed E-state index contributed by atoms with van der Waals surface area (Å²) in [6, 6.07) is 0. The molecule has 0 saturated heterocycles. The zero-order valence-electron chi connectivity index (χ0n) is 10.5. The fourth-order valence-electron chi connectivity index (χ4n) is 1.82. The van der Waals surface area contributed by atoms with Gasteiger partial charge >= 0.3 is 8.56 Å². The van der Waals surface area contributed by atoms with E-state index in [0.717, 1.165) is 12.8 Å². The van der Waals surface area contributed by atoms with E-state index in [1.807, 2.05) is 20.8 Å². The Morgan fingerprint density at radius 3 is 1.80 bits per heavy atom. The first-order valence-corrected chi connectivity index (χ1v) is 7.81. The lowest BCUT2D eigenvalue weighted by Crippen LogP contribution is -2.67. The third-order valence-corrected chi connectivity index (χ3v) is 6.56. The molecule has 0 aliphatic heterocycles. The number of hydrogen-bond donors (Lipinski definition) is 2. The van der Waals surface area contributed by atoms with E-state index in [-0.39, 0.29) is 11.3 Å². The van der Waals surface area contributed by atoms with Crippen molar-refractivity contribution >= 4 is 8.56 Å². The molecule has 0 amide bonds. The molecule has 0 aromatic carbocycles. The summed E-state index contributed by atoms with van der Waals surface area (Å²) in [7, 11) is -2.44. The Bertz CT molecular complexity index is 162. The van der Waals surface area contributed by atoms with Gasteiger partial charge in [0.15, 0.2) is 0 Å². The molecule has 92 valence electrons. The van der Waals surface area contributed by atoms with Crippen molar-refractivity contribution in [2.24, 2.45) is 11.5 Å². The van der Waals surface area contributed by atoms with Crippen LogP contribution in [0, 0.1) is 0 Å². The smallest absolute Gasteiger partial charge is 0.372 e. The van der Waals surface area contributed by atoms with Gasteiger partial charge in [-0.15, -0.1) is 0 Å². The molecule has 0 saturated carbocycles. The molecule has 0 rings (SSSR count). The Balaban J connectivity index is 4.74. The van der Waals surface area contributed by atoms with E-state index >= 15 is 0 Å². The normalized spacial score (nSPS) is 16.4. The third-order valence-electron chi connectivity index (χ3n) is 2.49. The van der Waals surface area contributed by atoms with Crippen LogP contribution >= 0.6 is 0 Å². The van der Waals surface area contributed by atoms with Crippen LogP contribution in [0.15, 0.2) is 0 Å². The molecule has 0 aromatic heterocycles. The van der Waals surface area contributed by atoms with Crippen molar-refractivity contribution in [3.8, 4) is 0 Å². The average molecular weight is 234 g/mol. The van der Waals surface area contributed by atoms with Gasteiger partial charge in [0.05, 0.1) is 0 Å². The van der Waals surface area contributed by atoms with Crippen LogP contribution in [0.5, 0.6) is 0 Å². The highest BCUT2D eigenvalue weighted by atomic mass is 28.4. The molecule has 0 aromatic rings. The molecular weight excluding hydrogens is 208 g/mol. The summed E-state index contributed by atoms with van der Waals surface area (Å²) < 4.78 is 11.6. The summed E-state index contributed by atoms with van der Waals surface area (Å²) in [4.78, 5) is 0.